The van der Waals surface area contributed by atoms with Crippen LogP contribution in [-0.2, 0) is 9.59 Å². The highest BCUT2D eigenvalue weighted by atomic mass is 32.2. The van der Waals surface area contributed by atoms with Gasteiger partial charge in [0.1, 0.15) is 5.75 Å². The van der Waals surface area contributed by atoms with Crippen LogP contribution in [0.25, 0.3) is 6.08 Å². The van der Waals surface area contributed by atoms with Gasteiger partial charge in [0.15, 0.2) is 10.9 Å². The fraction of sp³-hybridized carbons (Fsp3) is 0.150. The van der Waals surface area contributed by atoms with Crippen LogP contribution in [0.1, 0.15) is 16.7 Å². The molecule has 138 valence electrons. The summed E-state index contributed by atoms with van der Waals surface area (Å²) in [5, 5.41) is 0. The Morgan fingerprint density at radius 2 is 1.96 bits per heavy atom. The second-order valence-electron chi connectivity index (χ2n) is 6.08. The van der Waals surface area contributed by atoms with Crippen molar-refractivity contribution >= 4 is 51.9 Å². The largest absolute Gasteiger partial charge is 0.483 e. The zero-order chi connectivity index (χ0) is 19.6. The van der Waals surface area contributed by atoms with E-state index in [9.17, 15) is 9.59 Å². The fourth-order valence-electron chi connectivity index (χ4n) is 2.58. The second kappa shape index (κ2) is 7.94. The molecular formula is C20H18N2O3S2. The fourth-order valence-corrected chi connectivity index (χ4v) is 3.87. The van der Waals surface area contributed by atoms with Crippen LogP contribution >= 0.6 is 24.0 Å². The van der Waals surface area contributed by atoms with Crippen molar-refractivity contribution in [1.29, 1.82) is 0 Å². The number of carbonyl (C=O) groups is 2. The van der Waals surface area contributed by atoms with E-state index in [1.54, 1.807) is 24.3 Å². The Hall–Kier alpha value is -2.64. The van der Waals surface area contributed by atoms with Crippen molar-refractivity contribution in [3.05, 3.63) is 64.1 Å². The van der Waals surface area contributed by atoms with Crippen LogP contribution in [0.4, 0.5) is 5.69 Å². The number of benzene rings is 2. The van der Waals surface area contributed by atoms with Crippen molar-refractivity contribution < 1.29 is 14.3 Å². The van der Waals surface area contributed by atoms with Crippen molar-refractivity contribution in [3.8, 4) is 5.75 Å². The van der Waals surface area contributed by atoms with Crippen LogP contribution in [0, 0.1) is 13.8 Å². The van der Waals surface area contributed by atoms with Gasteiger partial charge in [-0.3, -0.25) is 14.5 Å². The molecule has 0 unspecified atom stereocenters. The number of amides is 2. The molecule has 5 nitrogen and oxygen atoms in total. The lowest BCUT2D eigenvalue weighted by atomic mass is 10.1. The summed E-state index contributed by atoms with van der Waals surface area (Å²) in [5.74, 6) is -0.267. The Balaban J connectivity index is 1.91. The van der Waals surface area contributed by atoms with Gasteiger partial charge in [0.05, 0.1) is 10.6 Å². The number of anilines is 1. The maximum atomic E-state index is 12.9. The molecule has 0 saturated carbocycles. The lowest BCUT2D eigenvalue weighted by Crippen LogP contribution is -2.27. The van der Waals surface area contributed by atoms with Crippen LogP contribution in [0.2, 0.25) is 0 Å². The minimum absolute atomic E-state index is 0.182. The smallest absolute Gasteiger partial charge is 0.270 e. The van der Waals surface area contributed by atoms with Gasteiger partial charge in [-0.15, -0.1) is 0 Å². The molecule has 2 aromatic carbocycles. The lowest BCUT2D eigenvalue weighted by Gasteiger charge is -2.16. The maximum absolute atomic E-state index is 12.9. The minimum Gasteiger partial charge on any atom is -0.483 e. The molecule has 2 aromatic rings. The first kappa shape index (κ1) is 19.1. The van der Waals surface area contributed by atoms with E-state index < -0.39 is 5.91 Å². The Bertz CT molecular complexity index is 969. The molecule has 1 heterocycles. The Labute approximate surface area is 167 Å². The second-order valence-corrected chi connectivity index (χ2v) is 7.75. The maximum Gasteiger partial charge on any atom is 0.270 e. The summed E-state index contributed by atoms with van der Waals surface area (Å²) in [5.41, 5.74) is 8.82. The molecule has 7 heteroatoms. The van der Waals surface area contributed by atoms with E-state index in [0.29, 0.717) is 20.5 Å². The number of thiocarbonyl (C=S) groups is 1. The zero-order valence-electron chi connectivity index (χ0n) is 14.9. The number of aryl methyl sites for hydroxylation is 2. The minimum atomic E-state index is -0.564. The molecule has 1 saturated heterocycles. The molecule has 3 rings (SSSR count). The summed E-state index contributed by atoms with van der Waals surface area (Å²) in [4.78, 5) is 25.9. The summed E-state index contributed by atoms with van der Waals surface area (Å²) in [6.45, 7) is 3.79. The van der Waals surface area contributed by atoms with E-state index >= 15 is 0 Å². The van der Waals surface area contributed by atoms with E-state index in [2.05, 4.69) is 0 Å². The van der Waals surface area contributed by atoms with Crippen molar-refractivity contribution in [1.82, 2.24) is 0 Å². The molecule has 1 fully saturated rings. The number of rotatable bonds is 5. The van der Waals surface area contributed by atoms with Gasteiger partial charge in [-0.25, -0.2) is 0 Å². The Morgan fingerprint density at radius 3 is 2.67 bits per heavy atom. The Morgan fingerprint density at radius 1 is 1.22 bits per heavy atom. The van der Waals surface area contributed by atoms with Gasteiger partial charge in [0.25, 0.3) is 11.8 Å². The monoisotopic (exact) mass is 398 g/mol. The van der Waals surface area contributed by atoms with Crippen molar-refractivity contribution in [2.24, 2.45) is 5.73 Å². The van der Waals surface area contributed by atoms with Gasteiger partial charge in [-0.1, -0.05) is 48.2 Å². The standard InChI is InChI=1S/C20H18N2O3S2/c1-12-7-8-15(9-13(12)2)22-19(24)17(27-20(22)26)10-14-5-3-4-6-16(14)25-11-18(21)23/h3-10H,11H2,1-2H3,(H2,21,23)/b17-10-. The van der Waals surface area contributed by atoms with Gasteiger partial charge < -0.3 is 10.5 Å². The van der Waals surface area contributed by atoms with Crippen LogP contribution in [0.15, 0.2) is 47.4 Å². The number of hydrogen-bond acceptors (Lipinski definition) is 5. The van der Waals surface area contributed by atoms with Crippen molar-refractivity contribution in [3.63, 3.8) is 0 Å². The van der Waals surface area contributed by atoms with Crippen LogP contribution in [-0.4, -0.2) is 22.7 Å². The SMILES string of the molecule is Cc1ccc(N2C(=O)/C(=C/c3ccccc3OCC(N)=O)SC2=S)cc1C. The normalized spacial score (nSPS) is 15.5. The molecule has 0 radical (unpaired) electrons. The third kappa shape index (κ3) is 4.20. The highest BCUT2D eigenvalue weighted by molar-refractivity contribution is 8.27. The summed E-state index contributed by atoms with van der Waals surface area (Å²) < 4.78 is 5.90. The molecule has 0 aliphatic carbocycles. The first-order valence-electron chi connectivity index (χ1n) is 8.22. The van der Waals surface area contributed by atoms with E-state index in [0.717, 1.165) is 16.8 Å². The highest BCUT2D eigenvalue weighted by Crippen LogP contribution is 2.37. The van der Waals surface area contributed by atoms with Crippen LogP contribution in [0.5, 0.6) is 5.75 Å². The van der Waals surface area contributed by atoms with E-state index in [1.165, 1.54) is 16.7 Å². The molecule has 0 aromatic heterocycles. The predicted molar refractivity (Wildman–Crippen MR) is 113 cm³/mol. The topological polar surface area (TPSA) is 72.6 Å². The number of nitrogens with two attached hydrogens (primary N) is 1. The van der Waals surface area contributed by atoms with Crippen LogP contribution in [0.3, 0.4) is 0 Å². The highest BCUT2D eigenvalue weighted by Gasteiger charge is 2.33. The number of hydrogen-bond donors (Lipinski definition) is 1. The first-order chi connectivity index (χ1) is 12.9. The van der Waals surface area contributed by atoms with Gasteiger partial charge in [0, 0.05) is 5.56 Å². The summed E-state index contributed by atoms with van der Waals surface area (Å²) in [6, 6.07) is 12.9. The number of carbonyl (C=O) groups excluding carboxylic acids is 2. The lowest BCUT2D eigenvalue weighted by molar-refractivity contribution is -0.120. The number of thioether (sulfide) groups is 1. The average molecular weight is 399 g/mol. The Kier molecular flexibility index (Phi) is 5.62. The third-order valence-electron chi connectivity index (χ3n) is 4.12. The molecule has 2 N–H and O–H groups in total. The summed E-state index contributed by atoms with van der Waals surface area (Å²) in [6.07, 6.45) is 1.72. The number of nitrogens with zero attached hydrogens (tertiary/aromatic N) is 1. The van der Waals surface area contributed by atoms with Gasteiger partial charge in [0.2, 0.25) is 0 Å². The van der Waals surface area contributed by atoms with Crippen molar-refractivity contribution in [2.75, 3.05) is 11.5 Å². The first-order valence-corrected chi connectivity index (χ1v) is 9.44. The quantitative estimate of drug-likeness (QED) is 0.616. The third-order valence-corrected chi connectivity index (χ3v) is 5.42. The zero-order valence-corrected chi connectivity index (χ0v) is 16.5. The van der Waals surface area contributed by atoms with E-state index in [4.69, 9.17) is 22.7 Å². The van der Waals surface area contributed by atoms with Gasteiger partial charge in [-0.05, 0) is 49.2 Å². The predicted octanol–water partition coefficient (Wildman–Crippen LogP) is 3.57. The van der Waals surface area contributed by atoms with Crippen LogP contribution < -0.4 is 15.4 Å². The van der Waals surface area contributed by atoms with E-state index in [-0.39, 0.29) is 12.5 Å². The summed E-state index contributed by atoms with van der Waals surface area (Å²) in [7, 11) is 0. The molecule has 2 amide bonds. The molecule has 1 aliphatic rings. The molecule has 0 spiro atoms. The number of ether oxygens (including phenoxy) is 1. The molecule has 0 bridgehead atoms. The molecular weight excluding hydrogens is 380 g/mol. The average Bonchev–Trinajstić information content (AvgIpc) is 2.90. The number of para-hydroxylation sites is 1. The summed E-state index contributed by atoms with van der Waals surface area (Å²) >= 11 is 6.66. The molecule has 1 aliphatic heterocycles. The van der Waals surface area contributed by atoms with Gasteiger partial charge >= 0.3 is 0 Å². The molecule has 27 heavy (non-hydrogen) atoms. The van der Waals surface area contributed by atoms with Gasteiger partial charge in [-0.2, -0.15) is 0 Å². The molecule has 0 atom stereocenters. The number of primary amides is 1. The van der Waals surface area contributed by atoms with E-state index in [1.807, 2.05) is 38.1 Å². The van der Waals surface area contributed by atoms with Crippen molar-refractivity contribution in [2.45, 2.75) is 13.8 Å².